The molecule has 0 spiro atoms. The Bertz CT molecular complexity index is 620. The first-order valence-electron chi connectivity index (χ1n) is 6.00. The van der Waals surface area contributed by atoms with Crippen LogP contribution in [0, 0.1) is 0 Å². The van der Waals surface area contributed by atoms with Gasteiger partial charge in [0, 0.05) is 6.42 Å². The van der Waals surface area contributed by atoms with E-state index in [1.54, 1.807) is 6.92 Å². The zero-order valence-electron chi connectivity index (χ0n) is 10.6. The summed E-state index contributed by atoms with van der Waals surface area (Å²) in [7, 11) is 0. The van der Waals surface area contributed by atoms with Gasteiger partial charge >= 0.3 is 5.97 Å². The molecular weight excluding hydrogens is 244 g/mol. The highest BCUT2D eigenvalue weighted by Gasteiger charge is 2.18. The maximum absolute atomic E-state index is 11.8. The number of aromatic amines is 1. The number of carbonyl (C=O) groups excluding carboxylic acids is 1. The molecule has 1 aromatic heterocycles. The van der Waals surface area contributed by atoms with Gasteiger partial charge in [0.05, 0.1) is 18.6 Å². The zero-order valence-corrected chi connectivity index (χ0v) is 10.6. The summed E-state index contributed by atoms with van der Waals surface area (Å²) >= 11 is 0. The molecular formula is C14H14N2O3. The highest BCUT2D eigenvalue weighted by atomic mass is 16.5. The predicted octanol–water partition coefficient (Wildman–Crippen LogP) is 1.54. The number of benzene rings is 1. The molecule has 1 N–H and O–H groups in total. The topological polar surface area (TPSA) is 72.0 Å². The lowest BCUT2D eigenvalue weighted by Crippen LogP contribution is -2.23. The summed E-state index contributed by atoms with van der Waals surface area (Å²) in [5, 5.41) is 0. The Labute approximate surface area is 110 Å². The quantitative estimate of drug-likeness (QED) is 0.844. The normalized spacial score (nSPS) is 10.2. The molecule has 0 bridgehead atoms. The lowest BCUT2D eigenvalue weighted by molar-refractivity contribution is 0.0522. The highest BCUT2D eigenvalue weighted by molar-refractivity contribution is 5.90. The molecule has 19 heavy (non-hydrogen) atoms. The van der Waals surface area contributed by atoms with Gasteiger partial charge in [-0.25, -0.2) is 9.78 Å². The molecule has 0 aliphatic rings. The number of rotatable bonds is 4. The van der Waals surface area contributed by atoms with Gasteiger partial charge in [-0.3, -0.25) is 4.79 Å². The molecule has 0 amide bonds. The fourth-order valence-corrected chi connectivity index (χ4v) is 1.77. The van der Waals surface area contributed by atoms with E-state index in [1.807, 2.05) is 30.3 Å². The van der Waals surface area contributed by atoms with Crippen molar-refractivity contribution in [1.29, 1.82) is 0 Å². The summed E-state index contributed by atoms with van der Waals surface area (Å²) in [6.45, 7) is 1.91. The van der Waals surface area contributed by atoms with E-state index in [0.717, 1.165) is 5.56 Å². The Morgan fingerprint density at radius 2 is 2.05 bits per heavy atom. The van der Waals surface area contributed by atoms with E-state index >= 15 is 0 Å². The first-order chi connectivity index (χ1) is 9.22. The molecule has 2 aromatic rings. The second-order valence-electron chi connectivity index (χ2n) is 3.94. The van der Waals surface area contributed by atoms with E-state index in [0.29, 0.717) is 12.1 Å². The third-order valence-electron chi connectivity index (χ3n) is 2.63. The summed E-state index contributed by atoms with van der Waals surface area (Å²) in [6, 6.07) is 9.52. The van der Waals surface area contributed by atoms with Gasteiger partial charge in [0.25, 0.3) is 5.56 Å². The van der Waals surface area contributed by atoms with Gasteiger partial charge in [-0.15, -0.1) is 0 Å². The minimum absolute atomic E-state index is 0.0202. The number of hydrogen-bond acceptors (Lipinski definition) is 4. The van der Waals surface area contributed by atoms with Gasteiger partial charge in [0.2, 0.25) is 0 Å². The van der Waals surface area contributed by atoms with E-state index in [2.05, 4.69) is 9.97 Å². The Balaban J connectivity index is 2.38. The second-order valence-corrected chi connectivity index (χ2v) is 3.94. The van der Waals surface area contributed by atoms with Crippen molar-refractivity contribution in [2.45, 2.75) is 13.3 Å². The van der Waals surface area contributed by atoms with Crippen LogP contribution in [0.2, 0.25) is 0 Å². The van der Waals surface area contributed by atoms with Gasteiger partial charge in [-0.2, -0.15) is 0 Å². The van der Waals surface area contributed by atoms with E-state index in [-0.39, 0.29) is 12.2 Å². The molecule has 1 heterocycles. The van der Waals surface area contributed by atoms with Crippen LogP contribution >= 0.6 is 0 Å². The molecule has 0 aliphatic heterocycles. The van der Waals surface area contributed by atoms with Crippen molar-refractivity contribution < 1.29 is 9.53 Å². The number of ether oxygens (including phenoxy) is 1. The first-order valence-corrected chi connectivity index (χ1v) is 6.00. The molecule has 1 aromatic carbocycles. The van der Waals surface area contributed by atoms with Crippen molar-refractivity contribution >= 4 is 5.97 Å². The lowest BCUT2D eigenvalue weighted by atomic mass is 10.1. The van der Waals surface area contributed by atoms with E-state index in [4.69, 9.17) is 4.74 Å². The SMILES string of the molecule is CCOC(=O)c1c(Cc2ccccc2)nc[nH]c1=O. The summed E-state index contributed by atoms with van der Waals surface area (Å²) in [5.41, 5.74) is 0.909. The molecule has 0 saturated carbocycles. The van der Waals surface area contributed by atoms with E-state index in [1.165, 1.54) is 6.33 Å². The number of H-pyrrole nitrogens is 1. The van der Waals surface area contributed by atoms with Crippen molar-refractivity contribution in [1.82, 2.24) is 9.97 Å². The summed E-state index contributed by atoms with van der Waals surface area (Å²) < 4.78 is 4.89. The molecule has 5 heteroatoms. The maximum atomic E-state index is 11.8. The van der Waals surface area contributed by atoms with Gasteiger partial charge < -0.3 is 9.72 Å². The zero-order chi connectivity index (χ0) is 13.7. The summed E-state index contributed by atoms with van der Waals surface area (Å²) in [4.78, 5) is 30.0. The highest BCUT2D eigenvalue weighted by Crippen LogP contribution is 2.09. The van der Waals surface area contributed by atoms with Crippen LogP contribution in [0.15, 0.2) is 41.5 Å². The molecule has 0 radical (unpaired) electrons. The predicted molar refractivity (Wildman–Crippen MR) is 70.1 cm³/mol. The van der Waals surface area contributed by atoms with Crippen LogP contribution in [0.25, 0.3) is 0 Å². The van der Waals surface area contributed by atoms with Crippen LogP contribution in [-0.2, 0) is 11.2 Å². The Kier molecular flexibility index (Phi) is 4.07. The molecule has 0 atom stereocenters. The van der Waals surface area contributed by atoms with Crippen molar-refractivity contribution in [2.75, 3.05) is 6.61 Å². The number of esters is 1. The Hall–Kier alpha value is -2.43. The minimum Gasteiger partial charge on any atom is -0.462 e. The summed E-state index contributed by atoms with van der Waals surface area (Å²) in [5.74, 6) is -0.636. The monoisotopic (exact) mass is 258 g/mol. The Morgan fingerprint density at radius 1 is 1.32 bits per heavy atom. The van der Waals surface area contributed by atoms with Crippen molar-refractivity contribution in [3.05, 3.63) is 63.8 Å². The molecule has 0 unspecified atom stereocenters. The average molecular weight is 258 g/mol. The van der Waals surface area contributed by atoms with E-state index < -0.39 is 11.5 Å². The molecule has 98 valence electrons. The number of hydrogen-bond donors (Lipinski definition) is 1. The van der Waals surface area contributed by atoms with Crippen molar-refractivity contribution in [3.63, 3.8) is 0 Å². The van der Waals surface area contributed by atoms with Crippen LogP contribution in [0.5, 0.6) is 0 Å². The summed E-state index contributed by atoms with van der Waals surface area (Å²) in [6.07, 6.45) is 1.71. The van der Waals surface area contributed by atoms with Crippen LogP contribution in [0.1, 0.15) is 28.5 Å². The Morgan fingerprint density at radius 3 is 2.74 bits per heavy atom. The maximum Gasteiger partial charge on any atom is 0.345 e. The van der Waals surface area contributed by atoms with Gasteiger partial charge in [0.15, 0.2) is 0 Å². The van der Waals surface area contributed by atoms with Crippen molar-refractivity contribution in [2.24, 2.45) is 0 Å². The van der Waals surface area contributed by atoms with Crippen LogP contribution in [0.4, 0.5) is 0 Å². The number of nitrogens with zero attached hydrogens (tertiary/aromatic N) is 1. The minimum atomic E-state index is -0.636. The number of nitrogens with one attached hydrogen (secondary N) is 1. The number of aromatic nitrogens is 2. The molecule has 5 nitrogen and oxygen atoms in total. The molecule has 0 fully saturated rings. The van der Waals surface area contributed by atoms with Gasteiger partial charge in [-0.05, 0) is 12.5 Å². The van der Waals surface area contributed by atoms with Crippen LogP contribution < -0.4 is 5.56 Å². The van der Waals surface area contributed by atoms with Crippen molar-refractivity contribution in [3.8, 4) is 0 Å². The largest absolute Gasteiger partial charge is 0.462 e. The molecule has 0 aliphatic carbocycles. The molecule has 0 saturated heterocycles. The smallest absolute Gasteiger partial charge is 0.345 e. The van der Waals surface area contributed by atoms with Crippen LogP contribution in [0.3, 0.4) is 0 Å². The van der Waals surface area contributed by atoms with Gasteiger partial charge in [0.1, 0.15) is 5.56 Å². The fraction of sp³-hybridized carbons (Fsp3) is 0.214. The third kappa shape index (κ3) is 3.07. The van der Waals surface area contributed by atoms with Crippen LogP contribution in [-0.4, -0.2) is 22.5 Å². The lowest BCUT2D eigenvalue weighted by Gasteiger charge is -2.06. The number of carbonyl (C=O) groups is 1. The fourth-order valence-electron chi connectivity index (χ4n) is 1.77. The first kappa shape index (κ1) is 13.0. The average Bonchev–Trinajstić information content (AvgIpc) is 2.40. The van der Waals surface area contributed by atoms with E-state index in [9.17, 15) is 9.59 Å². The van der Waals surface area contributed by atoms with Gasteiger partial charge in [-0.1, -0.05) is 30.3 Å². The standard InChI is InChI=1S/C14H14N2O3/c1-2-19-14(18)12-11(15-9-16-13(12)17)8-10-6-4-3-5-7-10/h3-7,9H,2,8H2,1H3,(H,15,16,17). The molecule has 2 rings (SSSR count). The third-order valence-corrected chi connectivity index (χ3v) is 2.63. The second kappa shape index (κ2) is 5.95.